The molecule has 1 aliphatic heterocycles. The summed E-state index contributed by atoms with van der Waals surface area (Å²) in [7, 11) is 0. The highest BCUT2D eigenvalue weighted by Crippen LogP contribution is 2.34. The molecule has 2 nitrogen and oxygen atoms in total. The van der Waals surface area contributed by atoms with Gasteiger partial charge in [-0.05, 0) is 39.2 Å². The Hall–Kier alpha value is -0.860. The van der Waals surface area contributed by atoms with E-state index in [0.717, 1.165) is 24.0 Å². The van der Waals surface area contributed by atoms with Crippen molar-refractivity contribution in [1.82, 2.24) is 0 Å². The fraction of sp³-hybridized carbons (Fsp3) is 0.625. The first-order valence-electron chi connectivity index (χ1n) is 6.79. The Balaban J connectivity index is 2.83. The van der Waals surface area contributed by atoms with Crippen molar-refractivity contribution in [1.29, 1.82) is 0 Å². The first-order chi connectivity index (χ1) is 8.51. The summed E-state index contributed by atoms with van der Waals surface area (Å²) in [5.41, 5.74) is 2.19. The maximum absolute atomic E-state index is 10.2. The van der Waals surface area contributed by atoms with E-state index in [1.807, 2.05) is 39.0 Å². The van der Waals surface area contributed by atoms with Gasteiger partial charge in [0.05, 0.1) is 12.2 Å². The minimum absolute atomic E-state index is 0.171. The molecule has 18 heavy (non-hydrogen) atoms. The SMILES string of the molecule is C=C(C)C1CC(O)C(/C(C)=C\C=C/C)OC1CC. The number of aliphatic hydroxyl groups excluding tert-OH is 1. The maximum Gasteiger partial charge on any atom is 0.105 e. The molecule has 0 aromatic carbocycles. The lowest BCUT2D eigenvalue weighted by molar-refractivity contribution is -0.121. The van der Waals surface area contributed by atoms with E-state index >= 15 is 0 Å². The molecule has 0 amide bonds. The molecule has 0 saturated carbocycles. The van der Waals surface area contributed by atoms with Crippen molar-refractivity contribution in [2.75, 3.05) is 0 Å². The highest BCUT2D eigenvalue weighted by molar-refractivity contribution is 5.18. The molecule has 4 unspecified atom stereocenters. The van der Waals surface area contributed by atoms with E-state index in [1.165, 1.54) is 0 Å². The molecule has 0 radical (unpaired) electrons. The zero-order chi connectivity index (χ0) is 13.7. The summed E-state index contributed by atoms with van der Waals surface area (Å²) < 4.78 is 6.07. The molecule has 4 atom stereocenters. The topological polar surface area (TPSA) is 29.5 Å². The second-order valence-corrected chi connectivity index (χ2v) is 5.20. The fourth-order valence-corrected chi connectivity index (χ4v) is 2.56. The Morgan fingerprint density at radius 1 is 1.44 bits per heavy atom. The van der Waals surface area contributed by atoms with Gasteiger partial charge in [-0.3, -0.25) is 0 Å². The molecule has 0 bridgehead atoms. The quantitative estimate of drug-likeness (QED) is 0.610. The Labute approximate surface area is 111 Å². The van der Waals surface area contributed by atoms with Crippen molar-refractivity contribution in [3.63, 3.8) is 0 Å². The zero-order valence-corrected chi connectivity index (χ0v) is 12.0. The van der Waals surface area contributed by atoms with Crippen molar-refractivity contribution in [2.45, 2.75) is 58.8 Å². The molecular weight excluding hydrogens is 224 g/mol. The van der Waals surface area contributed by atoms with Gasteiger partial charge in [0.25, 0.3) is 0 Å². The average molecular weight is 250 g/mol. The van der Waals surface area contributed by atoms with Gasteiger partial charge in [-0.15, -0.1) is 0 Å². The van der Waals surface area contributed by atoms with Gasteiger partial charge in [0.15, 0.2) is 0 Å². The molecule has 1 saturated heterocycles. The van der Waals surface area contributed by atoms with Crippen LogP contribution >= 0.6 is 0 Å². The third-order valence-electron chi connectivity index (χ3n) is 3.65. The van der Waals surface area contributed by atoms with Crippen molar-refractivity contribution < 1.29 is 9.84 Å². The van der Waals surface area contributed by atoms with Crippen LogP contribution in [-0.2, 0) is 4.74 Å². The second-order valence-electron chi connectivity index (χ2n) is 5.20. The van der Waals surface area contributed by atoms with Gasteiger partial charge in [-0.25, -0.2) is 0 Å². The number of rotatable bonds is 4. The molecule has 0 aliphatic carbocycles. The maximum atomic E-state index is 10.2. The van der Waals surface area contributed by atoms with Crippen molar-refractivity contribution in [3.8, 4) is 0 Å². The summed E-state index contributed by atoms with van der Waals surface area (Å²) in [4.78, 5) is 0. The highest BCUT2D eigenvalue weighted by atomic mass is 16.5. The molecular formula is C16H26O2. The van der Waals surface area contributed by atoms with Gasteiger partial charge >= 0.3 is 0 Å². The van der Waals surface area contributed by atoms with Crippen LogP contribution in [0.1, 0.15) is 40.5 Å². The van der Waals surface area contributed by atoms with Crippen LogP contribution in [-0.4, -0.2) is 23.4 Å². The summed E-state index contributed by atoms with van der Waals surface area (Å²) >= 11 is 0. The number of hydrogen-bond donors (Lipinski definition) is 1. The average Bonchev–Trinajstić information content (AvgIpc) is 2.35. The molecule has 1 N–H and O–H groups in total. The highest BCUT2D eigenvalue weighted by Gasteiger charge is 2.36. The fourth-order valence-electron chi connectivity index (χ4n) is 2.56. The van der Waals surface area contributed by atoms with E-state index in [-0.39, 0.29) is 18.1 Å². The molecule has 1 rings (SSSR count). The van der Waals surface area contributed by atoms with Crippen LogP contribution in [0.5, 0.6) is 0 Å². The normalized spacial score (nSPS) is 33.9. The predicted molar refractivity (Wildman–Crippen MR) is 76.5 cm³/mol. The largest absolute Gasteiger partial charge is 0.390 e. The summed E-state index contributed by atoms with van der Waals surface area (Å²) in [6.45, 7) is 12.2. The molecule has 0 spiro atoms. The molecule has 1 heterocycles. The van der Waals surface area contributed by atoms with Crippen LogP contribution in [0.2, 0.25) is 0 Å². The minimum Gasteiger partial charge on any atom is -0.390 e. The minimum atomic E-state index is -0.434. The summed E-state index contributed by atoms with van der Waals surface area (Å²) in [5.74, 6) is 0.274. The summed E-state index contributed by atoms with van der Waals surface area (Å²) in [6, 6.07) is 0. The lowest BCUT2D eigenvalue weighted by atomic mass is 9.82. The van der Waals surface area contributed by atoms with E-state index in [4.69, 9.17) is 4.74 Å². The van der Waals surface area contributed by atoms with Gasteiger partial charge in [0.1, 0.15) is 6.10 Å². The number of ether oxygens (including phenoxy) is 1. The second kappa shape index (κ2) is 6.91. The lowest BCUT2D eigenvalue weighted by Gasteiger charge is -2.40. The van der Waals surface area contributed by atoms with E-state index in [9.17, 15) is 5.11 Å². The summed E-state index contributed by atoms with van der Waals surface area (Å²) in [5, 5.41) is 10.2. The van der Waals surface area contributed by atoms with Gasteiger partial charge in [0.2, 0.25) is 0 Å². The first-order valence-corrected chi connectivity index (χ1v) is 6.79. The Morgan fingerprint density at radius 3 is 2.61 bits per heavy atom. The predicted octanol–water partition coefficient (Wildman–Crippen LogP) is 3.63. The molecule has 1 aliphatic rings. The number of hydrogen-bond acceptors (Lipinski definition) is 2. The van der Waals surface area contributed by atoms with Crippen LogP contribution in [0.4, 0.5) is 0 Å². The molecule has 0 aromatic heterocycles. The van der Waals surface area contributed by atoms with E-state index < -0.39 is 6.10 Å². The smallest absolute Gasteiger partial charge is 0.105 e. The molecule has 0 aromatic rings. The lowest BCUT2D eigenvalue weighted by Crippen LogP contribution is -2.45. The van der Waals surface area contributed by atoms with Gasteiger partial charge in [0, 0.05) is 5.92 Å². The van der Waals surface area contributed by atoms with Crippen molar-refractivity contribution >= 4 is 0 Å². The van der Waals surface area contributed by atoms with Gasteiger partial charge < -0.3 is 9.84 Å². The van der Waals surface area contributed by atoms with Crippen LogP contribution in [0, 0.1) is 5.92 Å². The molecule has 102 valence electrons. The van der Waals surface area contributed by atoms with Crippen LogP contribution in [0.3, 0.4) is 0 Å². The third-order valence-corrected chi connectivity index (χ3v) is 3.65. The molecule has 2 heteroatoms. The van der Waals surface area contributed by atoms with E-state index in [2.05, 4.69) is 13.5 Å². The van der Waals surface area contributed by atoms with E-state index in [1.54, 1.807) is 0 Å². The van der Waals surface area contributed by atoms with Crippen LogP contribution in [0.25, 0.3) is 0 Å². The Bertz CT molecular complexity index is 341. The van der Waals surface area contributed by atoms with Crippen LogP contribution in [0.15, 0.2) is 36.0 Å². The third kappa shape index (κ3) is 3.56. The van der Waals surface area contributed by atoms with Gasteiger partial charge in [-0.2, -0.15) is 0 Å². The standard InChI is InChI=1S/C16H26O2/c1-6-8-9-12(5)16-14(17)10-13(11(3)4)15(7-2)18-16/h6,8-9,13-17H,3,7,10H2,1-2,4-5H3/b8-6-,12-9-. The Morgan fingerprint density at radius 2 is 2.11 bits per heavy atom. The molecule has 1 fully saturated rings. The van der Waals surface area contributed by atoms with Crippen molar-refractivity contribution in [2.24, 2.45) is 5.92 Å². The van der Waals surface area contributed by atoms with Crippen LogP contribution < -0.4 is 0 Å². The Kier molecular flexibility index (Phi) is 5.83. The number of allylic oxidation sites excluding steroid dienone is 3. The number of aliphatic hydroxyl groups is 1. The van der Waals surface area contributed by atoms with Gasteiger partial charge in [-0.1, -0.05) is 37.3 Å². The monoisotopic (exact) mass is 250 g/mol. The zero-order valence-electron chi connectivity index (χ0n) is 12.0. The van der Waals surface area contributed by atoms with Crippen molar-refractivity contribution in [3.05, 3.63) is 36.0 Å². The van der Waals surface area contributed by atoms with E-state index in [0.29, 0.717) is 0 Å². The summed E-state index contributed by atoms with van der Waals surface area (Å²) in [6.07, 6.45) is 7.24. The first kappa shape index (κ1) is 15.2.